The molecule has 0 aliphatic carbocycles. The quantitative estimate of drug-likeness (QED) is 0.415. The number of aromatic nitrogens is 1. The van der Waals surface area contributed by atoms with Crippen LogP contribution in [0.15, 0.2) is 85.1 Å². The van der Waals surface area contributed by atoms with Crippen molar-refractivity contribution in [2.45, 2.75) is 13.0 Å². The standard InChI is InChI=1S/C25H23N3OS/c1-17-8-6-11-19(16-17)23(18-9-4-3-5-10-18)28-25(30)27-21-13-14-22(29-2)24-20(21)12-7-15-26-24/h3-16,23H,1-2H3,(H2,27,28,30). The van der Waals surface area contributed by atoms with E-state index in [0.29, 0.717) is 5.11 Å². The first-order valence-corrected chi connectivity index (χ1v) is 10.2. The van der Waals surface area contributed by atoms with Crippen LogP contribution in [0.4, 0.5) is 5.69 Å². The molecule has 150 valence electrons. The van der Waals surface area contributed by atoms with Crippen LogP contribution < -0.4 is 15.4 Å². The maximum Gasteiger partial charge on any atom is 0.171 e. The Balaban J connectivity index is 1.63. The van der Waals surface area contributed by atoms with Gasteiger partial charge < -0.3 is 15.4 Å². The first-order chi connectivity index (χ1) is 14.7. The van der Waals surface area contributed by atoms with E-state index in [1.165, 1.54) is 5.56 Å². The molecule has 0 saturated carbocycles. The van der Waals surface area contributed by atoms with E-state index in [9.17, 15) is 0 Å². The summed E-state index contributed by atoms with van der Waals surface area (Å²) in [5.74, 6) is 0.733. The summed E-state index contributed by atoms with van der Waals surface area (Å²) < 4.78 is 5.44. The molecule has 0 bridgehead atoms. The van der Waals surface area contributed by atoms with Crippen molar-refractivity contribution in [2.24, 2.45) is 0 Å². The van der Waals surface area contributed by atoms with Crippen molar-refractivity contribution in [3.8, 4) is 5.75 Å². The monoisotopic (exact) mass is 413 g/mol. The fraction of sp³-hybridized carbons (Fsp3) is 0.120. The van der Waals surface area contributed by atoms with Crippen molar-refractivity contribution in [2.75, 3.05) is 12.4 Å². The molecule has 0 fully saturated rings. The molecule has 0 amide bonds. The first-order valence-electron chi connectivity index (χ1n) is 9.76. The predicted octanol–water partition coefficient (Wildman–Crippen LogP) is 5.63. The smallest absolute Gasteiger partial charge is 0.171 e. The first kappa shape index (κ1) is 19.9. The van der Waals surface area contributed by atoms with Crippen LogP contribution in [0.3, 0.4) is 0 Å². The Kier molecular flexibility index (Phi) is 5.91. The number of pyridine rings is 1. The molecule has 0 spiro atoms. The van der Waals surface area contributed by atoms with E-state index in [1.54, 1.807) is 13.3 Å². The molecule has 5 heteroatoms. The van der Waals surface area contributed by atoms with E-state index in [-0.39, 0.29) is 6.04 Å². The number of nitrogens with one attached hydrogen (secondary N) is 2. The molecule has 0 aliphatic rings. The number of anilines is 1. The topological polar surface area (TPSA) is 46.2 Å². The number of hydrogen-bond acceptors (Lipinski definition) is 3. The lowest BCUT2D eigenvalue weighted by molar-refractivity contribution is 0.419. The zero-order chi connectivity index (χ0) is 20.9. The SMILES string of the molecule is COc1ccc(NC(=S)NC(c2ccccc2)c2cccc(C)c2)c2cccnc12. The summed E-state index contributed by atoms with van der Waals surface area (Å²) in [6.45, 7) is 2.10. The molecular weight excluding hydrogens is 390 g/mol. The molecule has 1 heterocycles. The summed E-state index contributed by atoms with van der Waals surface area (Å²) in [6, 6.07) is 26.5. The van der Waals surface area contributed by atoms with Crippen molar-refractivity contribution in [3.05, 3.63) is 102 Å². The van der Waals surface area contributed by atoms with Crippen LogP contribution in [0.1, 0.15) is 22.7 Å². The van der Waals surface area contributed by atoms with Crippen molar-refractivity contribution < 1.29 is 4.74 Å². The van der Waals surface area contributed by atoms with Crippen LogP contribution in [-0.4, -0.2) is 17.2 Å². The van der Waals surface area contributed by atoms with Gasteiger partial charge in [0.2, 0.25) is 0 Å². The van der Waals surface area contributed by atoms with Gasteiger partial charge in [-0.05, 0) is 54.5 Å². The molecule has 0 saturated heterocycles. The van der Waals surface area contributed by atoms with E-state index >= 15 is 0 Å². The minimum atomic E-state index is -0.0614. The third-order valence-corrected chi connectivity index (χ3v) is 5.20. The van der Waals surface area contributed by atoms with Gasteiger partial charge in [-0.15, -0.1) is 0 Å². The zero-order valence-corrected chi connectivity index (χ0v) is 17.7. The fourth-order valence-corrected chi connectivity index (χ4v) is 3.79. The van der Waals surface area contributed by atoms with Crippen molar-refractivity contribution in [1.82, 2.24) is 10.3 Å². The van der Waals surface area contributed by atoms with Gasteiger partial charge in [-0.2, -0.15) is 0 Å². The van der Waals surface area contributed by atoms with Crippen LogP contribution in [0.5, 0.6) is 5.75 Å². The molecule has 0 aliphatic heterocycles. The van der Waals surface area contributed by atoms with Gasteiger partial charge in [0.05, 0.1) is 13.2 Å². The normalized spacial score (nSPS) is 11.7. The number of nitrogens with zero attached hydrogens (tertiary/aromatic N) is 1. The summed E-state index contributed by atoms with van der Waals surface area (Å²) in [5.41, 5.74) is 5.19. The lowest BCUT2D eigenvalue weighted by Gasteiger charge is -2.23. The summed E-state index contributed by atoms with van der Waals surface area (Å²) >= 11 is 5.70. The van der Waals surface area contributed by atoms with E-state index in [0.717, 1.165) is 33.5 Å². The number of rotatable bonds is 5. The second-order valence-electron chi connectivity index (χ2n) is 7.07. The molecule has 4 nitrogen and oxygen atoms in total. The van der Waals surface area contributed by atoms with Gasteiger partial charge in [-0.3, -0.25) is 4.98 Å². The van der Waals surface area contributed by atoms with Gasteiger partial charge in [0.25, 0.3) is 0 Å². The van der Waals surface area contributed by atoms with Gasteiger partial charge in [0, 0.05) is 17.3 Å². The number of aryl methyl sites for hydroxylation is 1. The van der Waals surface area contributed by atoms with Crippen LogP contribution in [-0.2, 0) is 0 Å². The number of ether oxygens (including phenoxy) is 1. The van der Waals surface area contributed by atoms with E-state index in [1.807, 2.05) is 42.5 Å². The highest BCUT2D eigenvalue weighted by molar-refractivity contribution is 7.80. The number of methoxy groups -OCH3 is 1. The van der Waals surface area contributed by atoms with Gasteiger partial charge in [0.15, 0.2) is 5.11 Å². The molecular formula is C25H23N3OS. The maximum absolute atomic E-state index is 5.70. The van der Waals surface area contributed by atoms with Gasteiger partial charge in [-0.25, -0.2) is 0 Å². The zero-order valence-electron chi connectivity index (χ0n) is 16.9. The second kappa shape index (κ2) is 8.93. The van der Waals surface area contributed by atoms with Crippen LogP contribution >= 0.6 is 12.2 Å². The minimum absolute atomic E-state index is 0.0614. The lowest BCUT2D eigenvalue weighted by atomic mass is 9.97. The highest BCUT2D eigenvalue weighted by atomic mass is 32.1. The predicted molar refractivity (Wildman–Crippen MR) is 127 cm³/mol. The summed E-state index contributed by atoms with van der Waals surface area (Å²) in [6.07, 6.45) is 1.76. The summed E-state index contributed by atoms with van der Waals surface area (Å²) in [4.78, 5) is 4.46. The molecule has 4 aromatic rings. The molecule has 1 aromatic heterocycles. The number of hydrogen-bond donors (Lipinski definition) is 2. The number of benzene rings is 3. The number of fused-ring (bicyclic) bond motifs is 1. The van der Waals surface area contributed by atoms with Crippen LogP contribution in [0.25, 0.3) is 10.9 Å². The third kappa shape index (κ3) is 4.26. The van der Waals surface area contributed by atoms with Gasteiger partial charge in [0.1, 0.15) is 11.3 Å². The average Bonchev–Trinajstić information content (AvgIpc) is 2.78. The molecule has 0 radical (unpaired) electrons. The number of thiocarbonyl (C=S) groups is 1. The Labute approximate surface area is 181 Å². The Hall–Kier alpha value is -3.44. The van der Waals surface area contributed by atoms with E-state index in [4.69, 9.17) is 17.0 Å². The maximum atomic E-state index is 5.70. The highest BCUT2D eigenvalue weighted by Gasteiger charge is 2.16. The molecule has 4 rings (SSSR count). The van der Waals surface area contributed by atoms with E-state index in [2.05, 4.69) is 58.9 Å². The lowest BCUT2D eigenvalue weighted by Crippen LogP contribution is -2.33. The molecule has 3 aromatic carbocycles. The molecule has 2 N–H and O–H groups in total. The van der Waals surface area contributed by atoms with Crippen molar-refractivity contribution in [3.63, 3.8) is 0 Å². The second-order valence-corrected chi connectivity index (χ2v) is 7.48. The van der Waals surface area contributed by atoms with E-state index < -0.39 is 0 Å². The van der Waals surface area contributed by atoms with Crippen molar-refractivity contribution >= 4 is 33.9 Å². The molecule has 1 unspecified atom stereocenters. The Bertz CT molecular complexity index is 1180. The largest absolute Gasteiger partial charge is 0.494 e. The Morgan fingerprint density at radius 1 is 0.933 bits per heavy atom. The molecule has 1 atom stereocenters. The van der Waals surface area contributed by atoms with Crippen molar-refractivity contribution in [1.29, 1.82) is 0 Å². The molecule has 30 heavy (non-hydrogen) atoms. The average molecular weight is 414 g/mol. The Morgan fingerprint density at radius 3 is 2.50 bits per heavy atom. The Morgan fingerprint density at radius 2 is 1.73 bits per heavy atom. The fourth-order valence-electron chi connectivity index (χ4n) is 3.56. The highest BCUT2D eigenvalue weighted by Crippen LogP contribution is 2.30. The van der Waals surface area contributed by atoms with Gasteiger partial charge >= 0.3 is 0 Å². The summed E-state index contributed by atoms with van der Waals surface area (Å²) in [5, 5.41) is 8.33. The van der Waals surface area contributed by atoms with Gasteiger partial charge in [-0.1, -0.05) is 60.2 Å². The van der Waals surface area contributed by atoms with Crippen LogP contribution in [0, 0.1) is 6.92 Å². The summed E-state index contributed by atoms with van der Waals surface area (Å²) in [7, 11) is 1.65. The minimum Gasteiger partial charge on any atom is -0.494 e. The third-order valence-electron chi connectivity index (χ3n) is 4.98. The van der Waals surface area contributed by atoms with Crippen LogP contribution in [0.2, 0.25) is 0 Å².